The number of hydrogen-bond acceptors (Lipinski definition) is 3. The van der Waals surface area contributed by atoms with E-state index < -0.39 is 10.0 Å². The normalized spacial score (nSPS) is 11.2. The fraction of sp³-hybridized carbons (Fsp3) is 0. The molecule has 0 aromatic heterocycles. The van der Waals surface area contributed by atoms with Gasteiger partial charge in [0.1, 0.15) is 0 Å². The van der Waals surface area contributed by atoms with E-state index in [1.54, 1.807) is 24.3 Å². The minimum atomic E-state index is -3.83. The van der Waals surface area contributed by atoms with Crippen LogP contribution < -0.4 is 10.5 Å². The lowest BCUT2D eigenvalue weighted by Crippen LogP contribution is -2.14. The number of carbonyl (C=O) groups excluding carboxylic acids is 1. The van der Waals surface area contributed by atoms with Gasteiger partial charge >= 0.3 is 0 Å². The van der Waals surface area contributed by atoms with E-state index in [0.717, 1.165) is 4.47 Å². The van der Waals surface area contributed by atoms with Gasteiger partial charge in [-0.25, -0.2) is 13.6 Å². The molecule has 0 radical (unpaired) electrons. The van der Waals surface area contributed by atoms with Crippen LogP contribution in [0.3, 0.4) is 0 Å². The van der Waals surface area contributed by atoms with Crippen LogP contribution in [0.5, 0.6) is 0 Å². The van der Waals surface area contributed by atoms with Crippen molar-refractivity contribution in [3.8, 4) is 0 Å². The number of nitrogens with two attached hydrogens (primary N) is 1. The van der Waals surface area contributed by atoms with Crippen molar-refractivity contribution >= 4 is 49.1 Å². The Hall–Kier alpha value is -1.41. The third-order valence-corrected chi connectivity index (χ3v) is 4.32. The first kappa shape index (κ1) is 16.0. The highest BCUT2D eigenvalue weighted by molar-refractivity contribution is 9.10. The molecule has 1 amide bonds. The van der Waals surface area contributed by atoms with Crippen LogP contribution >= 0.6 is 27.5 Å². The van der Waals surface area contributed by atoms with Crippen LogP contribution in [0, 0.1) is 0 Å². The van der Waals surface area contributed by atoms with Gasteiger partial charge in [-0.15, -0.1) is 0 Å². The standard InChI is InChI=1S/C13H10BrClN2O3S/c14-9-3-1-2-8(6-9)13(18)17-12-5-4-10(7-11(12)15)21(16,19)20/h1-7H,(H,17,18)(H2,16,19,20). The fourth-order valence-corrected chi connectivity index (χ4v) is 2.83. The predicted octanol–water partition coefficient (Wildman–Crippen LogP) is 3.00. The quantitative estimate of drug-likeness (QED) is 0.845. The topological polar surface area (TPSA) is 89.3 Å². The number of primary sulfonamides is 1. The number of hydrogen-bond donors (Lipinski definition) is 2. The molecule has 0 bridgehead atoms. The summed E-state index contributed by atoms with van der Waals surface area (Å²) in [7, 11) is -3.83. The molecule has 0 aliphatic rings. The molecule has 2 aromatic rings. The van der Waals surface area contributed by atoms with Gasteiger partial charge in [0.2, 0.25) is 10.0 Å². The zero-order chi connectivity index (χ0) is 15.6. The Morgan fingerprint density at radius 3 is 2.48 bits per heavy atom. The highest BCUT2D eigenvalue weighted by atomic mass is 79.9. The molecule has 0 saturated heterocycles. The van der Waals surface area contributed by atoms with Crippen LogP contribution in [-0.4, -0.2) is 14.3 Å². The summed E-state index contributed by atoms with van der Waals surface area (Å²) in [6, 6.07) is 10.7. The van der Waals surface area contributed by atoms with E-state index in [9.17, 15) is 13.2 Å². The van der Waals surface area contributed by atoms with E-state index in [0.29, 0.717) is 11.3 Å². The number of nitrogens with one attached hydrogen (secondary N) is 1. The van der Waals surface area contributed by atoms with E-state index >= 15 is 0 Å². The van der Waals surface area contributed by atoms with Gasteiger partial charge < -0.3 is 5.32 Å². The molecule has 8 heteroatoms. The first-order chi connectivity index (χ1) is 9.77. The number of halogens is 2. The molecule has 0 atom stereocenters. The van der Waals surface area contributed by atoms with Crippen LogP contribution in [0.2, 0.25) is 5.02 Å². The van der Waals surface area contributed by atoms with Crippen LogP contribution in [0.1, 0.15) is 10.4 Å². The second kappa shape index (κ2) is 6.15. The molecule has 3 N–H and O–H groups in total. The Balaban J connectivity index is 2.26. The van der Waals surface area contributed by atoms with Crippen molar-refractivity contribution in [2.45, 2.75) is 4.90 Å². The van der Waals surface area contributed by atoms with Crippen molar-refractivity contribution in [2.24, 2.45) is 5.14 Å². The van der Waals surface area contributed by atoms with Crippen molar-refractivity contribution in [3.05, 3.63) is 57.5 Å². The first-order valence-electron chi connectivity index (χ1n) is 5.66. The lowest BCUT2D eigenvalue weighted by atomic mass is 10.2. The van der Waals surface area contributed by atoms with E-state index in [1.165, 1.54) is 18.2 Å². The SMILES string of the molecule is NS(=O)(=O)c1ccc(NC(=O)c2cccc(Br)c2)c(Cl)c1. The van der Waals surface area contributed by atoms with Crippen LogP contribution in [0.25, 0.3) is 0 Å². The number of sulfonamides is 1. The lowest BCUT2D eigenvalue weighted by Gasteiger charge is -2.08. The van der Waals surface area contributed by atoms with E-state index in [-0.39, 0.29) is 15.8 Å². The molecule has 0 saturated carbocycles. The number of rotatable bonds is 3. The Bertz CT molecular complexity index is 809. The van der Waals surface area contributed by atoms with Crippen molar-refractivity contribution in [1.29, 1.82) is 0 Å². The molecule has 110 valence electrons. The van der Waals surface area contributed by atoms with Crippen LogP contribution in [-0.2, 0) is 10.0 Å². The Morgan fingerprint density at radius 1 is 1.19 bits per heavy atom. The Kier molecular flexibility index (Phi) is 4.67. The molecule has 2 aromatic carbocycles. The summed E-state index contributed by atoms with van der Waals surface area (Å²) in [6.45, 7) is 0. The van der Waals surface area contributed by atoms with E-state index in [4.69, 9.17) is 16.7 Å². The molecule has 0 unspecified atom stereocenters. The number of amides is 1. The summed E-state index contributed by atoms with van der Waals surface area (Å²) in [6.07, 6.45) is 0. The molecule has 0 fully saturated rings. The van der Waals surface area contributed by atoms with Crippen molar-refractivity contribution < 1.29 is 13.2 Å². The lowest BCUT2D eigenvalue weighted by molar-refractivity contribution is 0.102. The molecule has 21 heavy (non-hydrogen) atoms. The number of carbonyl (C=O) groups is 1. The summed E-state index contributed by atoms with van der Waals surface area (Å²) >= 11 is 9.23. The fourth-order valence-electron chi connectivity index (χ4n) is 1.60. The van der Waals surface area contributed by atoms with Gasteiger partial charge in [-0.3, -0.25) is 4.79 Å². The third kappa shape index (κ3) is 4.04. The molecule has 0 heterocycles. The average molecular weight is 390 g/mol. The minimum absolute atomic E-state index is 0.0878. The molecule has 0 aliphatic heterocycles. The van der Waals surface area contributed by atoms with Crippen LogP contribution in [0.4, 0.5) is 5.69 Å². The molecule has 5 nitrogen and oxygen atoms in total. The summed E-state index contributed by atoms with van der Waals surface area (Å²) in [5.74, 6) is -0.360. The van der Waals surface area contributed by atoms with Gasteiger partial charge in [0.25, 0.3) is 5.91 Å². The zero-order valence-electron chi connectivity index (χ0n) is 10.5. The molecular formula is C13H10BrClN2O3S. The maximum absolute atomic E-state index is 12.1. The zero-order valence-corrected chi connectivity index (χ0v) is 13.7. The van der Waals surface area contributed by atoms with E-state index in [2.05, 4.69) is 21.2 Å². The molecular weight excluding hydrogens is 380 g/mol. The van der Waals surface area contributed by atoms with Crippen molar-refractivity contribution in [2.75, 3.05) is 5.32 Å². The second-order valence-corrected chi connectivity index (χ2v) is 7.04. The van der Waals surface area contributed by atoms with Crippen LogP contribution in [0.15, 0.2) is 51.8 Å². The highest BCUT2D eigenvalue weighted by Gasteiger charge is 2.13. The summed E-state index contributed by atoms with van der Waals surface area (Å²) in [5.41, 5.74) is 0.741. The maximum Gasteiger partial charge on any atom is 0.255 e. The third-order valence-electron chi connectivity index (χ3n) is 2.60. The highest BCUT2D eigenvalue weighted by Crippen LogP contribution is 2.25. The summed E-state index contributed by atoms with van der Waals surface area (Å²) in [4.78, 5) is 11.9. The van der Waals surface area contributed by atoms with Gasteiger partial charge in [0, 0.05) is 10.0 Å². The summed E-state index contributed by atoms with van der Waals surface area (Å²) in [5, 5.41) is 7.70. The minimum Gasteiger partial charge on any atom is -0.321 e. The van der Waals surface area contributed by atoms with Gasteiger partial charge in [-0.2, -0.15) is 0 Å². The Labute approximate surface area is 135 Å². The second-order valence-electron chi connectivity index (χ2n) is 4.15. The molecule has 0 aliphatic carbocycles. The van der Waals surface area contributed by atoms with E-state index in [1.807, 2.05) is 0 Å². The molecule has 2 rings (SSSR count). The van der Waals surface area contributed by atoms with Gasteiger partial charge in [-0.05, 0) is 36.4 Å². The average Bonchev–Trinajstić information content (AvgIpc) is 2.39. The Morgan fingerprint density at radius 2 is 1.90 bits per heavy atom. The molecule has 0 spiro atoms. The summed E-state index contributed by atoms with van der Waals surface area (Å²) < 4.78 is 23.2. The monoisotopic (exact) mass is 388 g/mol. The largest absolute Gasteiger partial charge is 0.321 e. The predicted molar refractivity (Wildman–Crippen MR) is 84.9 cm³/mol. The first-order valence-corrected chi connectivity index (χ1v) is 8.38. The smallest absolute Gasteiger partial charge is 0.255 e. The van der Waals surface area contributed by atoms with Crippen molar-refractivity contribution in [3.63, 3.8) is 0 Å². The number of anilines is 1. The number of benzene rings is 2. The maximum atomic E-state index is 12.1. The van der Waals surface area contributed by atoms with Gasteiger partial charge in [0.15, 0.2) is 0 Å². The van der Waals surface area contributed by atoms with Gasteiger partial charge in [-0.1, -0.05) is 33.6 Å². The van der Waals surface area contributed by atoms with Gasteiger partial charge in [0.05, 0.1) is 15.6 Å². The van der Waals surface area contributed by atoms with Crippen molar-refractivity contribution in [1.82, 2.24) is 0 Å².